The number of benzene rings is 3. The number of amides is 1. The maximum absolute atomic E-state index is 13.0. The minimum absolute atomic E-state index is 0.117. The summed E-state index contributed by atoms with van der Waals surface area (Å²) >= 11 is 0. The van der Waals surface area contributed by atoms with E-state index in [0.29, 0.717) is 39.6 Å². The summed E-state index contributed by atoms with van der Waals surface area (Å²) in [4.78, 5) is 25.9. The van der Waals surface area contributed by atoms with E-state index in [2.05, 4.69) is 0 Å². The van der Waals surface area contributed by atoms with Gasteiger partial charge in [0.25, 0.3) is 5.91 Å². The lowest BCUT2D eigenvalue weighted by atomic mass is 10.1. The number of carbonyl (C=O) groups is 2. The van der Waals surface area contributed by atoms with E-state index in [1.807, 2.05) is 0 Å². The largest absolute Gasteiger partial charge is 0.496 e. The number of carbonyl (C=O) groups excluding carboxylic acids is 2. The fourth-order valence-electron chi connectivity index (χ4n) is 3.91. The van der Waals surface area contributed by atoms with Crippen LogP contribution in [-0.2, 0) is 28.9 Å². The molecule has 37 heavy (non-hydrogen) atoms. The Kier molecular flexibility index (Phi) is 7.56. The number of nitrogens with zero attached hydrogens (tertiary/aromatic N) is 1. The third kappa shape index (κ3) is 5.79. The summed E-state index contributed by atoms with van der Waals surface area (Å²) in [5.41, 5.74) is 1.34. The molecule has 1 aliphatic heterocycles. The molecule has 10 heteroatoms. The van der Waals surface area contributed by atoms with Gasteiger partial charge in [0.15, 0.2) is 6.61 Å². The van der Waals surface area contributed by atoms with Crippen molar-refractivity contribution in [3.8, 4) is 17.2 Å². The van der Waals surface area contributed by atoms with Gasteiger partial charge in [-0.3, -0.25) is 4.79 Å². The van der Waals surface area contributed by atoms with E-state index < -0.39 is 17.7 Å². The molecular formula is C27H24F3NO6. The number of hydrogen-bond acceptors (Lipinski definition) is 6. The van der Waals surface area contributed by atoms with Crippen LogP contribution >= 0.6 is 0 Å². The van der Waals surface area contributed by atoms with Crippen LogP contribution in [0, 0.1) is 0 Å². The molecule has 0 unspecified atom stereocenters. The van der Waals surface area contributed by atoms with Crippen LogP contribution in [0.15, 0.2) is 60.7 Å². The van der Waals surface area contributed by atoms with Crippen LogP contribution in [0.2, 0.25) is 0 Å². The van der Waals surface area contributed by atoms with Gasteiger partial charge in [-0.15, -0.1) is 0 Å². The predicted molar refractivity (Wildman–Crippen MR) is 128 cm³/mol. The molecule has 0 aliphatic carbocycles. The highest BCUT2D eigenvalue weighted by Gasteiger charge is 2.33. The number of halogens is 3. The average molecular weight is 515 g/mol. The molecule has 0 atom stereocenters. The van der Waals surface area contributed by atoms with Crippen molar-refractivity contribution in [2.45, 2.75) is 26.3 Å². The van der Waals surface area contributed by atoms with E-state index in [1.165, 1.54) is 24.1 Å². The van der Waals surface area contributed by atoms with Gasteiger partial charge in [0.05, 0.1) is 25.8 Å². The molecule has 0 N–H and O–H groups in total. The maximum Gasteiger partial charge on any atom is 0.416 e. The molecule has 194 valence electrons. The number of alkyl halides is 3. The average Bonchev–Trinajstić information content (AvgIpc) is 3.23. The van der Waals surface area contributed by atoms with E-state index in [0.717, 1.165) is 12.1 Å². The van der Waals surface area contributed by atoms with E-state index in [4.69, 9.17) is 18.9 Å². The number of anilines is 1. The Hall–Kier alpha value is -4.21. The van der Waals surface area contributed by atoms with Gasteiger partial charge < -0.3 is 23.8 Å². The second-order valence-corrected chi connectivity index (χ2v) is 8.07. The molecule has 0 aromatic heterocycles. The number of esters is 1. The first-order valence-corrected chi connectivity index (χ1v) is 11.4. The fraction of sp³-hybridized carbons (Fsp3) is 0.259. The highest BCUT2D eigenvalue weighted by atomic mass is 19.4. The van der Waals surface area contributed by atoms with Crippen LogP contribution in [0.25, 0.3) is 0 Å². The summed E-state index contributed by atoms with van der Waals surface area (Å²) in [5.74, 6) is 0.584. The smallest absolute Gasteiger partial charge is 0.416 e. The van der Waals surface area contributed by atoms with Gasteiger partial charge in [0.2, 0.25) is 0 Å². The third-order valence-electron chi connectivity index (χ3n) is 5.73. The molecule has 7 nitrogen and oxygen atoms in total. The quantitative estimate of drug-likeness (QED) is 0.356. The normalized spacial score (nSPS) is 12.8. The molecular weight excluding hydrogens is 491 g/mol. The highest BCUT2D eigenvalue weighted by molar-refractivity contribution is 6.10. The number of hydrogen-bond donors (Lipinski definition) is 0. The van der Waals surface area contributed by atoms with Crippen molar-refractivity contribution < 1.29 is 41.7 Å². The Bertz CT molecular complexity index is 1290. The first-order chi connectivity index (χ1) is 17.7. The Balaban J connectivity index is 1.47. The van der Waals surface area contributed by atoms with Gasteiger partial charge in [0, 0.05) is 28.4 Å². The van der Waals surface area contributed by atoms with E-state index in [1.54, 1.807) is 43.3 Å². The molecule has 0 saturated heterocycles. The van der Waals surface area contributed by atoms with Gasteiger partial charge in [-0.2, -0.15) is 13.2 Å². The Labute approximate surface area is 211 Å². The summed E-state index contributed by atoms with van der Waals surface area (Å²) in [6.45, 7) is 2.02. The highest BCUT2D eigenvalue weighted by Crippen LogP contribution is 2.36. The minimum atomic E-state index is -4.45. The molecule has 3 aromatic rings. The third-order valence-corrected chi connectivity index (χ3v) is 5.73. The van der Waals surface area contributed by atoms with Crippen LogP contribution < -0.4 is 19.1 Å². The van der Waals surface area contributed by atoms with Gasteiger partial charge in [-0.1, -0.05) is 6.07 Å². The molecule has 0 radical (unpaired) electrons. The molecule has 0 fully saturated rings. The van der Waals surface area contributed by atoms with Crippen molar-refractivity contribution in [2.24, 2.45) is 0 Å². The van der Waals surface area contributed by atoms with Gasteiger partial charge in [-0.25, -0.2) is 4.79 Å². The molecule has 4 rings (SSSR count). The Morgan fingerprint density at radius 2 is 1.76 bits per heavy atom. The monoisotopic (exact) mass is 515 g/mol. The Morgan fingerprint density at radius 1 is 1.00 bits per heavy atom. The zero-order chi connectivity index (χ0) is 26.6. The summed E-state index contributed by atoms with van der Waals surface area (Å²) in [6, 6.07) is 14.6. The lowest BCUT2D eigenvalue weighted by Gasteiger charge is -2.17. The van der Waals surface area contributed by atoms with Crippen LogP contribution in [-0.4, -0.2) is 32.2 Å². The minimum Gasteiger partial charge on any atom is -0.496 e. The fourth-order valence-corrected chi connectivity index (χ4v) is 3.91. The molecule has 1 amide bonds. The molecule has 0 bridgehead atoms. The van der Waals surface area contributed by atoms with Crippen molar-refractivity contribution >= 4 is 17.6 Å². The summed E-state index contributed by atoms with van der Waals surface area (Å²) < 4.78 is 60.5. The summed E-state index contributed by atoms with van der Waals surface area (Å²) in [5, 5.41) is 0. The second-order valence-electron chi connectivity index (χ2n) is 8.07. The molecule has 0 spiro atoms. The van der Waals surface area contributed by atoms with Gasteiger partial charge >= 0.3 is 12.1 Å². The van der Waals surface area contributed by atoms with Gasteiger partial charge in [0.1, 0.15) is 23.9 Å². The first-order valence-electron chi connectivity index (χ1n) is 11.4. The van der Waals surface area contributed by atoms with Crippen molar-refractivity contribution in [1.82, 2.24) is 0 Å². The molecule has 3 aromatic carbocycles. The number of rotatable bonds is 9. The van der Waals surface area contributed by atoms with Gasteiger partial charge in [-0.05, 0) is 55.5 Å². The number of ether oxygens (including phenoxy) is 4. The lowest BCUT2D eigenvalue weighted by molar-refractivity contribution is -0.145. The predicted octanol–water partition coefficient (Wildman–Crippen LogP) is 5.40. The topological polar surface area (TPSA) is 74.3 Å². The van der Waals surface area contributed by atoms with Crippen molar-refractivity contribution in [3.05, 3.63) is 82.9 Å². The van der Waals surface area contributed by atoms with Crippen molar-refractivity contribution in [1.29, 1.82) is 0 Å². The molecule has 1 aliphatic rings. The van der Waals surface area contributed by atoms with E-state index in [9.17, 15) is 22.8 Å². The first kappa shape index (κ1) is 25.9. The number of fused-ring (bicyclic) bond motifs is 1. The van der Waals surface area contributed by atoms with Crippen LogP contribution in [0.5, 0.6) is 17.2 Å². The zero-order valence-electron chi connectivity index (χ0n) is 20.1. The molecule has 0 saturated carbocycles. The van der Waals surface area contributed by atoms with Crippen molar-refractivity contribution in [2.75, 3.05) is 25.2 Å². The van der Waals surface area contributed by atoms with Crippen LogP contribution in [0.4, 0.5) is 18.9 Å². The van der Waals surface area contributed by atoms with Crippen LogP contribution in [0.1, 0.15) is 34.0 Å². The van der Waals surface area contributed by atoms with Crippen LogP contribution in [0.3, 0.4) is 0 Å². The Morgan fingerprint density at radius 3 is 2.43 bits per heavy atom. The molecule has 1 heterocycles. The zero-order valence-corrected chi connectivity index (χ0v) is 20.1. The van der Waals surface area contributed by atoms with E-state index >= 15 is 0 Å². The maximum atomic E-state index is 13.0. The SMILES string of the molecule is CCOC(=O)COc1ccc(COc2cccc3c2CN(c2ccc(C(F)(F)F)cc2)C3=O)c(OC)c1. The summed E-state index contributed by atoms with van der Waals surface area (Å²) in [7, 11) is 1.49. The van der Waals surface area contributed by atoms with Crippen molar-refractivity contribution in [3.63, 3.8) is 0 Å². The van der Waals surface area contributed by atoms with E-state index in [-0.39, 0.29) is 32.3 Å². The standard InChI is InChI=1S/C27H24F3NO6/c1-3-35-25(32)16-36-20-12-7-17(24(13-20)34-2)15-37-23-6-4-5-21-22(23)14-31(26(21)33)19-10-8-18(9-11-19)27(28,29)30/h4-13H,3,14-16H2,1-2H3. The summed E-state index contributed by atoms with van der Waals surface area (Å²) in [6.07, 6.45) is -4.45. The second kappa shape index (κ2) is 10.8. The lowest BCUT2D eigenvalue weighted by Crippen LogP contribution is -2.23. The number of methoxy groups -OCH3 is 1.